The van der Waals surface area contributed by atoms with Crippen LogP contribution in [0, 0.1) is 5.41 Å². The number of likely N-dealkylation sites (N-methyl/N-ethyl adjacent to an activating group) is 1. The van der Waals surface area contributed by atoms with E-state index in [9.17, 15) is 13.8 Å². The molecule has 0 saturated heterocycles. The molecule has 0 saturated carbocycles. The highest BCUT2D eigenvalue weighted by molar-refractivity contribution is 7.83. The van der Waals surface area contributed by atoms with Crippen molar-refractivity contribution in [2.75, 3.05) is 7.05 Å². The summed E-state index contributed by atoms with van der Waals surface area (Å²) in [6.07, 6.45) is 9.57. The molecule has 2 amide bonds. The van der Waals surface area contributed by atoms with Crippen LogP contribution in [0.4, 0.5) is 0 Å². The number of benzene rings is 2. The zero-order valence-electron chi connectivity index (χ0n) is 16.5. The molecule has 6 heteroatoms. The SMILES string of the molecule is CN1C(=O)C(C(=O)NC2=CC=CC(C)(C)C=C2)c2cc3ccccc3cc2S1=O. The van der Waals surface area contributed by atoms with Crippen molar-refractivity contribution in [2.45, 2.75) is 24.7 Å². The van der Waals surface area contributed by atoms with E-state index in [4.69, 9.17) is 0 Å². The number of fused-ring (bicyclic) bond motifs is 2. The Morgan fingerprint density at radius 2 is 1.83 bits per heavy atom. The van der Waals surface area contributed by atoms with Gasteiger partial charge < -0.3 is 5.32 Å². The molecule has 0 fully saturated rings. The molecule has 1 aliphatic heterocycles. The highest BCUT2D eigenvalue weighted by Gasteiger charge is 2.41. The maximum atomic E-state index is 13.1. The van der Waals surface area contributed by atoms with Crippen molar-refractivity contribution in [1.82, 2.24) is 9.62 Å². The van der Waals surface area contributed by atoms with Gasteiger partial charge in [-0.3, -0.25) is 13.9 Å². The molecule has 1 N–H and O–H groups in total. The predicted molar refractivity (Wildman–Crippen MR) is 114 cm³/mol. The lowest BCUT2D eigenvalue weighted by atomic mass is 9.93. The minimum absolute atomic E-state index is 0.119. The van der Waals surface area contributed by atoms with E-state index in [1.54, 1.807) is 18.2 Å². The third-order valence-corrected chi connectivity index (χ3v) is 6.61. The zero-order chi connectivity index (χ0) is 20.8. The van der Waals surface area contributed by atoms with E-state index in [0.717, 1.165) is 15.1 Å². The molecule has 0 spiro atoms. The summed E-state index contributed by atoms with van der Waals surface area (Å²) in [5, 5.41) is 4.68. The van der Waals surface area contributed by atoms with Gasteiger partial charge in [0.05, 0.1) is 4.90 Å². The van der Waals surface area contributed by atoms with Crippen molar-refractivity contribution in [3.8, 4) is 0 Å². The van der Waals surface area contributed by atoms with Gasteiger partial charge in [0.25, 0.3) is 5.91 Å². The van der Waals surface area contributed by atoms with Crippen LogP contribution in [-0.4, -0.2) is 27.4 Å². The maximum absolute atomic E-state index is 13.1. The topological polar surface area (TPSA) is 66.5 Å². The lowest BCUT2D eigenvalue weighted by molar-refractivity contribution is -0.134. The number of allylic oxidation sites excluding steroid dienone is 5. The van der Waals surface area contributed by atoms with Crippen LogP contribution in [0.2, 0.25) is 0 Å². The molecular formula is C23H22N2O3S. The summed E-state index contributed by atoms with van der Waals surface area (Å²) in [6, 6.07) is 11.2. The quantitative estimate of drug-likeness (QED) is 0.776. The summed E-state index contributed by atoms with van der Waals surface area (Å²) in [4.78, 5) is 26.6. The summed E-state index contributed by atoms with van der Waals surface area (Å²) >= 11 is 0. The van der Waals surface area contributed by atoms with Crippen LogP contribution < -0.4 is 5.32 Å². The smallest absolute Gasteiger partial charge is 0.251 e. The summed E-state index contributed by atoms with van der Waals surface area (Å²) in [7, 11) is -0.174. The van der Waals surface area contributed by atoms with Gasteiger partial charge >= 0.3 is 0 Å². The first kappa shape index (κ1) is 19.3. The standard InChI is InChI=1S/C23H22N2O3S/c1-23(2)11-6-9-17(10-12-23)24-21(26)20-18-13-15-7-4-5-8-16(15)14-19(18)29(28)25(3)22(20)27/h4-14,20H,1-3H3,(H,24,26). The van der Waals surface area contributed by atoms with Crippen LogP contribution in [0.5, 0.6) is 0 Å². The fraction of sp³-hybridized carbons (Fsp3) is 0.217. The van der Waals surface area contributed by atoms with E-state index >= 15 is 0 Å². The number of carbonyl (C=O) groups excluding carboxylic acids is 2. The predicted octanol–water partition coefficient (Wildman–Crippen LogP) is 3.57. The van der Waals surface area contributed by atoms with Crippen molar-refractivity contribution in [2.24, 2.45) is 5.41 Å². The Hall–Kier alpha value is -2.99. The average molecular weight is 407 g/mol. The van der Waals surface area contributed by atoms with Crippen molar-refractivity contribution in [3.63, 3.8) is 0 Å². The van der Waals surface area contributed by atoms with Gasteiger partial charge in [0.1, 0.15) is 5.92 Å². The number of hydrogen-bond donors (Lipinski definition) is 1. The van der Waals surface area contributed by atoms with Gasteiger partial charge in [0, 0.05) is 18.2 Å². The molecule has 2 aromatic carbocycles. The molecule has 4 rings (SSSR count). The second-order valence-corrected chi connectivity index (χ2v) is 9.37. The molecule has 5 nitrogen and oxygen atoms in total. The van der Waals surface area contributed by atoms with Crippen LogP contribution in [0.3, 0.4) is 0 Å². The molecule has 1 heterocycles. The summed E-state index contributed by atoms with van der Waals surface area (Å²) in [6.45, 7) is 4.13. The Bertz CT molecular complexity index is 1140. The van der Waals surface area contributed by atoms with E-state index < -0.39 is 28.7 Å². The maximum Gasteiger partial charge on any atom is 0.251 e. The van der Waals surface area contributed by atoms with E-state index in [2.05, 4.69) is 19.2 Å². The van der Waals surface area contributed by atoms with Crippen LogP contribution in [0.15, 0.2) is 77.4 Å². The van der Waals surface area contributed by atoms with Crippen LogP contribution >= 0.6 is 0 Å². The van der Waals surface area contributed by atoms with Gasteiger partial charge in [-0.05, 0) is 40.6 Å². The summed E-state index contributed by atoms with van der Waals surface area (Å²) < 4.78 is 13.9. The molecule has 2 atom stereocenters. The van der Waals surface area contributed by atoms with E-state index in [0.29, 0.717) is 16.2 Å². The number of nitrogens with one attached hydrogen (secondary N) is 1. The molecular weight excluding hydrogens is 384 g/mol. The monoisotopic (exact) mass is 406 g/mol. The van der Waals surface area contributed by atoms with E-state index in [1.165, 1.54) is 7.05 Å². The van der Waals surface area contributed by atoms with E-state index in [-0.39, 0.29) is 5.41 Å². The van der Waals surface area contributed by atoms with Gasteiger partial charge in [-0.1, -0.05) is 56.3 Å². The fourth-order valence-corrected chi connectivity index (χ4v) is 4.69. The number of hydrogen-bond acceptors (Lipinski definition) is 3. The Balaban J connectivity index is 1.74. The normalized spacial score (nSPS) is 22.8. The average Bonchev–Trinajstić information content (AvgIpc) is 2.85. The molecule has 0 bridgehead atoms. The van der Waals surface area contributed by atoms with E-state index in [1.807, 2.05) is 48.6 Å². The van der Waals surface area contributed by atoms with Gasteiger partial charge in [-0.25, -0.2) is 4.21 Å². The lowest BCUT2D eigenvalue weighted by Gasteiger charge is -2.30. The number of amides is 2. The highest BCUT2D eigenvalue weighted by atomic mass is 32.2. The first-order valence-electron chi connectivity index (χ1n) is 9.39. The molecule has 2 unspecified atom stereocenters. The number of carbonyl (C=O) groups is 2. The minimum atomic E-state index is -1.64. The minimum Gasteiger partial charge on any atom is -0.325 e. The first-order chi connectivity index (χ1) is 13.8. The lowest BCUT2D eigenvalue weighted by Crippen LogP contribution is -2.44. The Labute approximate surface area is 172 Å². The third kappa shape index (κ3) is 3.56. The number of rotatable bonds is 2. The second kappa shape index (κ2) is 7.12. The Morgan fingerprint density at radius 1 is 1.14 bits per heavy atom. The second-order valence-electron chi connectivity index (χ2n) is 7.88. The third-order valence-electron chi connectivity index (χ3n) is 5.21. The van der Waals surface area contributed by atoms with Gasteiger partial charge in [0.2, 0.25) is 5.91 Å². The first-order valence-corrected chi connectivity index (χ1v) is 10.5. The zero-order valence-corrected chi connectivity index (χ0v) is 17.3. The number of nitrogens with zero attached hydrogens (tertiary/aromatic N) is 1. The molecule has 29 heavy (non-hydrogen) atoms. The largest absolute Gasteiger partial charge is 0.325 e. The van der Waals surface area contributed by atoms with Crippen molar-refractivity contribution in [1.29, 1.82) is 0 Å². The molecule has 0 aromatic heterocycles. The molecule has 148 valence electrons. The molecule has 2 aromatic rings. The molecule has 2 aliphatic rings. The van der Waals surface area contributed by atoms with Crippen molar-refractivity contribution < 1.29 is 13.8 Å². The fourth-order valence-electron chi connectivity index (χ4n) is 3.52. The van der Waals surface area contributed by atoms with Gasteiger partial charge in [0.15, 0.2) is 11.0 Å². The van der Waals surface area contributed by atoms with Crippen LogP contribution in [0.1, 0.15) is 25.3 Å². The summed E-state index contributed by atoms with van der Waals surface area (Å²) in [5.41, 5.74) is 0.990. The van der Waals surface area contributed by atoms with Gasteiger partial charge in [-0.15, -0.1) is 0 Å². The van der Waals surface area contributed by atoms with Crippen molar-refractivity contribution >= 4 is 33.6 Å². The molecule has 0 radical (unpaired) electrons. The van der Waals surface area contributed by atoms with Gasteiger partial charge in [-0.2, -0.15) is 0 Å². The molecule has 1 aliphatic carbocycles. The van der Waals surface area contributed by atoms with Crippen LogP contribution in [-0.2, 0) is 20.6 Å². The Kier molecular flexibility index (Phi) is 4.74. The summed E-state index contributed by atoms with van der Waals surface area (Å²) in [5.74, 6) is -1.95. The highest BCUT2D eigenvalue weighted by Crippen LogP contribution is 2.35. The van der Waals surface area contributed by atoms with Crippen molar-refractivity contribution in [3.05, 3.63) is 78.0 Å². The van der Waals surface area contributed by atoms with Crippen LogP contribution in [0.25, 0.3) is 10.8 Å². The Morgan fingerprint density at radius 3 is 2.55 bits per heavy atom.